The number of amides is 1. The maximum absolute atomic E-state index is 11.4. The molecule has 0 aromatic heterocycles. The predicted molar refractivity (Wildman–Crippen MR) is 64.3 cm³/mol. The molecule has 0 saturated carbocycles. The van der Waals surface area contributed by atoms with Gasteiger partial charge >= 0.3 is 0 Å². The molecule has 16 heavy (non-hydrogen) atoms. The Morgan fingerprint density at radius 1 is 1.44 bits per heavy atom. The summed E-state index contributed by atoms with van der Waals surface area (Å²) in [6, 6.07) is 0. The average Bonchev–Trinajstić information content (AvgIpc) is 2.31. The van der Waals surface area contributed by atoms with Crippen molar-refractivity contribution in [3.05, 3.63) is 0 Å². The van der Waals surface area contributed by atoms with Gasteiger partial charge in [0, 0.05) is 19.6 Å². The minimum absolute atomic E-state index is 0.113. The minimum Gasteiger partial charge on any atom is -0.381 e. The van der Waals surface area contributed by atoms with Crippen molar-refractivity contribution in [2.75, 3.05) is 32.8 Å². The van der Waals surface area contributed by atoms with Gasteiger partial charge in [0.1, 0.15) is 0 Å². The van der Waals surface area contributed by atoms with E-state index in [1.807, 2.05) is 6.92 Å². The quantitative estimate of drug-likeness (QED) is 0.637. The number of hydrogen-bond acceptors (Lipinski definition) is 3. The van der Waals surface area contributed by atoms with E-state index in [1.165, 1.54) is 12.8 Å². The Kier molecular flexibility index (Phi) is 7.17. The molecule has 1 saturated heterocycles. The first-order valence-electron chi connectivity index (χ1n) is 6.38. The molecule has 2 N–H and O–H groups in total. The van der Waals surface area contributed by atoms with Crippen LogP contribution in [0.15, 0.2) is 0 Å². The van der Waals surface area contributed by atoms with Crippen molar-refractivity contribution >= 4 is 5.91 Å². The third-order valence-electron chi connectivity index (χ3n) is 3.01. The van der Waals surface area contributed by atoms with Crippen LogP contribution in [-0.2, 0) is 9.53 Å². The third-order valence-corrected chi connectivity index (χ3v) is 3.01. The molecule has 0 atom stereocenters. The second-order valence-electron chi connectivity index (χ2n) is 4.28. The topological polar surface area (TPSA) is 50.4 Å². The molecule has 4 heteroatoms. The van der Waals surface area contributed by atoms with Crippen LogP contribution < -0.4 is 10.6 Å². The second kappa shape index (κ2) is 8.53. The summed E-state index contributed by atoms with van der Waals surface area (Å²) in [5, 5.41) is 6.29. The van der Waals surface area contributed by atoms with Crippen molar-refractivity contribution in [2.24, 2.45) is 5.92 Å². The van der Waals surface area contributed by atoms with Crippen molar-refractivity contribution in [1.29, 1.82) is 0 Å². The number of carbonyl (C=O) groups excluding carboxylic acids is 1. The smallest absolute Gasteiger partial charge is 0.222 e. The fraction of sp³-hybridized carbons (Fsp3) is 0.917. The lowest BCUT2D eigenvalue weighted by Gasteiger charge is -2.22. The standard InChI is InChI=1S/C12H24N2O2/c1-2-16-10-6-12(15)14-9-5-11-3-7-13-8-4-11/h11,13H,2-10H2,1H3,(H,14,15). The van der Waals surface area contributed by atoms with Crippen LogP contribution in [0.1, 0.15) is 32.6 Å². The van der Waals surface area contributed by atoms with Crippen molar-refractivity contribution in [2.45, 2.75) is 32.6 Å². The Morgan fingerprint density at radius 3 is 2.88 bits per heavy atom. The molecule has 1 rings (SSSR count). The molecule has 1 aliphatic rings. The van der Waals surface area contributed by atoms with Gasteiger partial charge in [-0.25, -0.2) is 0 Å². The summed E-state index contributed by atoms with van der Waals surface area (Å²) in [6.45, 7) is 6.23. The van der Waals surface area contributed by atoms with Crippen LogP contribution in [-0.4, -0.2) is 38.8 Å². The maximum Gasteiger partial charge on any atom is 0.222 e. The van der Waals surface area contributed by atoms with Crippen molar-refractivity contribution in [3.8, 4) is 0 Å². The lowest BCUT2D eigenvalue weighted by atomic mass is 9.95. The molecule has 0 aromatic rings. The normalized spacial score (nSPS) is 17.3. The molecular weight excluding hydrogens is 204 g/mol. The highest BCUT2D eigenvalue weighted by molar-refractivity contribution is 5.75. The van der Waals surface area contributed by atoms with Crippen LogP contribution in [0.3, 0.4) is 0 Å². The highest BCUT2D eigenvalue weighted by Gasteiger charge is 2.12. The fourth-order valence-electron chi connectivity index (χ4n) is 1.98. The minimum atomic E-state index is 0.113. The van der Waals surface area contributed by atoms with E-state index in [2.05, 4.69) is 10.6 Å². The number of rotatable bonds is 7. The molecule has 0 bridgehead atoms. The summed E-state index contributed by atoms with van der Waals surface area (Å²) in [5.41, 5.74) is 0. The molecule has 1 heterocycles. The summed E-state index contributed by atoms with van der Waals surface area (Å²) in [5.74, 6) is 0.899. The van der Waals surface area contributed by atoms with Gasteiger partial charge in [-0.3, -0.25) is 4.79 Å². The summed E-state index contributed by atoms with van der Waals surface area (Å²) in [4.78, 5) is 11.4. The van der Waals surface area contributed by atoms with E-state index >= 15 is 0 Å². The van der Waals surface area contributed by atoms with Crippen molar-refractivity contribution in [3.63, 3.8) is 0 Å². The van der Waals surface area contributed by atoms with Crippen LogP contribution in [0.2, 0.25) is 0 Å². The monoisotopic (exact) mass is 228 g/mol. The summed E-state index contributed by atoms with van der Waals surface area (Å²) < 4.78 is 5.13. The van der Waals surface area contributed by atoms with Gasteiger partial charge in [-0.05, 0) is 45.2 Å². The lowest BCUT2D eigenvalue weighted by Crippen LogP contribution is -2.31. The van der Waals surface area contributed by atoms with Crippen LogP contribution >= 0.6 is 0 Å². The van der Waals surface area contributed by atoms with Gasteiger partial charge in [0.05, 0.1) is 6.61 Å². The Morgan fingerprint density at radius 2 is 2.19 bits per heavy atom. The van der Waals surface area contributed by atoms with Crippen molar-refractivity contribution < 1.29 is 9.53 Å². The molecule has 94 valence electrons. The summed E-state index contributed by atoms with van der Waals surface area (Å²) >= 11 is 0. The highest BCUT2D eigenvalue weighted by Crippen LogP contribution is 2.14. The van der Waals surface area contributed by atoms with Gasteiger partial charge in [0.25, 0.3) is 0 Å². The molecule has 0 aliphatic carbocycles. The average molecular weight is 228 g/mol. The molecule has 1 amide bonds. The third kappa shape index (κ3) is 6.08. The van der Waals surface area contributed by atoms with Crippen LogP contribution in [0.5, 0.6) is 0 Å². The van der Waals surface area contributed by atoms with E-state index in [-0.39, 0.29) is 5.91 Å². The van der Waals surface area contributed by atoms with Crippen LogP contribution in [0, 0.1) is 5.92 Å². The molecule has 0 unspecified atom stereocenters. The zero-order chi connectivity index (χ0) is 11.6. The number of hydrogen-bond donors (Lipinski definition) is 2. The van der Waals surface area contributed by atoms with E-state index in [0.717, 1.165) is 32.0 Å². The molecule has 4 nitrogen and oxygen atoms in total. The van der Waals surface area contributed by atoms with Gasteiger partial charge in [-0.2, -0.15) is 0 Å². The molecule has 0 radical (unpaired) electrons. The SMILES string of the molecule is CCOCCC(=O)NCCC1CCNCC1. The van der Waals surface area contributed by atoms with Gasteiger partial charge in [0.2, 0.25) is 5.91 Å². The first kappa shape index (κ1) is 13.5. The molecule has 1 fully saturated rings. The van der Waals surface area contributed by atoms with Gasteiger partial charge in [-0.1, -0.05) is 0 Å². The Hall–Kier alpha value is -0.610. The Balaban J connectivity index is 1.94. The van der Waals surface area contributed by atoms with Gasteiger partial charge in [0.15, 0.2) is 0 Å². The van der Waals surface area contributed by atoms with E-state index in [4.69, 9.17) is 4.74 Å². The molecule has 0 spiro atoms. The first-order valence-corrected chi connectivity index (χ1v) is 6.38. The number of ether oxygens (including phenoxy) is 1. The predicted octanol–water partition coefficient (Wildman–Crippen LogP) is 0.919. The Labute approximate surface area is 98.1 Å². The number of piperidine rings is 1. The van der Waals surface area contributed by atoms with Crippen molar-refractivity contribution in [1.82, 2.24) is 10.6 Å². The zero-order valence-corrected chi connectivity index (χ0v) is 10.3. The van der Waals surface area contributed by atoms with Crippen LogP contribution in [0.4, 0.5) is 0 Å². The largest absolute Gasteiger partial charge is 0.381 e. The maximum atomic E-state index is 11.4. The van der Waals surface area contributed by atoms with E-state index in [9.17, 15) is 4.79 Å². The first-order chi connectivity index (χ1) is 7.83. The second-order valence-corrected chi connectivity index (χ2v) is 4.28. The molecular formula is C12H24N2O2. The van der Waals surface area contributed by atoms with Gasteiger partial charge < -0.3 is 15.4 Å². The lowest BCUT2D eigenvalue weighted by molar-refractivity contribution is -0.122. The summed E-state index contributed by atoms with van der Waals surface area (Å²) in [7, 11) is 0. The van der Waals surface area contributed by atoms with Crippen LogP contribution in [0.25, 0.3) is 0 Å². The number of nitrogens with one attached hydrogen (secondary N) is 2. The molecule has 0 aromatic carbocycles. The highest BCUT2D eigenvalue weighted by atomic mass is 16.5. The van der Waals surface area contributed by atoms with E-state index < -0.39 is 0 Å². The summed E-state index contributed by atoms with van der Waals surface area (Å²) in [6.07, 6.45) is 4.09. The molecule has 1 aliphatic heterocycles. The van der Waals surface area contributed by atoms with E-state index in [1.54, 1.807) is 0 Å². The Bertz CT molecular complexity index is 191. The zero-order valence-electron chi connectivity index (χ0n) is 10.3. The van der Waals surface area contributed by atoms with E-state index in [0.29, 0.717) is 19.6 Å². The fourth-order valence-corrected chi connectivity index (χ4v) is 1.98. The van der Waals surface area contributed by atoms with Gasteiger partial charge in [-0.15, -0.1) is 0 Å². The number of carbonyl (C=O) groups is 1.